The van der Waals surface area contributed by atoms with E-state index in [1.54, 1.807) is 7.05 Å². The molecule has 0 aliphatic carbocycles. The van der Waals surface area contributed by atoms with Crippen LogP contribution in [-0.2, 0) is 20.9 Å². The van der Waals surface area contributed by atoms with E-state index in [9.17, 15) is 19.7 Å². The number of nitrogens with zero attached hydrogens (tertiary/aromatic N) is 2. The first-order valence-electron chi connectivity index (χ1n) is 8.17. The number of hydrogen-bond donors (Lipinski definition) is 0. The van der Waals surface area contributed by atoms with Gasteiger partial charge >= 0.3 is 5.97 Å². The molecule has 0 fully saturated rings. The van der Waals surface area contributed by atoms with E-state index in [1.807, 2.05) is 31.2 Å². The molecule has 0 unspecified atom stereocenters. The Balaban J connectivity index is 1.73. The number of hydrogen-bond acceptors (Lipinski definition) is 6. The molecule has 2 aromatic carbocycles. The number of carbonyl (C=O) groups excluding carboxylic acids is 2. The van der Waals surface area contributed by atoms with Crippen LogP contribution in [0, 0.1) is 17.0 Å². The Bertz CT molecular complexity index is 802. The van der Waals surface area contributed by atoms with Gasteiger partial charge in [0.15, 0.2) is 13.2 Å². The normalized spacial score (nSPS) is 10.1. The third-order valence-electron chi connectivity index (χ3n) is 3.73. The second-order valence-corrected chi connectivity index (χ2v) is 5.94. The zero-order valence-electron chi connectivity index (χ0n) is 15.1. The van der Waals surface area contributed by atoms with Gasteiger partial charge in [0.05, 0.1) is 4.92 Å². The maximum Gasteiger partial charge on any atom is 0.344 e. The van der Waals surface area contributed by atoms with Gasteiger partial charge in [-0.15, -0.1) is 0 Å². The molecule has 0 atom stereocenters. The van der Waals surface area contributed by atoms with Gasteiger partial charge in [-0.05, 0) is 24.6 Å². The lowest BCUT2D eigenvalue weighted by atomic mass is 10.1. The molecule has 0 aliphatic heterocycles. The molecule has 1 amide bonds. The fourth-order valence-corrected chi connectivity index (χ4v) is 2.16. The zero-order chi connectivity index (χ0) is 19.8. The van der Waals surface area contributed by atoms with Crippen LogP contribution in [0.1, 0.15) is 11.1 Å². The standard InChI is InChI=1S/C19H20N2O6/c1-14-3-5-15(6-4-14)11-20(2)18(22)12-27-19(23)13-26-17-9-7-16(8-10-17)21(24)25/h3-10H,11-13H2,1-2H3. The first-order chi connectivity index (χ1) is 12.8. The van der Waals surface area contributed by atoms with E-state index in [2.05, 4.69) is 0 Å². The number of aryl methyl sites for hydroxylation is 1. The van der Waals surface area contributed by atoms with Crippen molar-refractivity contribution in [3.63, 3.8) is 0 Å². The zero-order valence-corrected chi connectivity index (χ0v) is 15.1. The molecule has 8 nitrogen and oxygen atoms in total. The Morgan fingerprint density at radius 1 is 1.04 bits per heavy atom. The molecule has 0 saturated heterocycles. The molecule has 0 spiro atoms. The van der Waals surface area contributed by atoms with E-state index in [0.29, 0.717) is 12.3 Å². The Morgan fingerprint density at radius 3 is 2.26 bits per heavy atom. The minimum absolute atomic E-state index is 0.0767. The van der Waals surface area contributed by atoms with Crippen LogP contribution < -0.4 is 4.74 Å². The van der Waals surface area contributed by atoms with Crippen molar-refractivity contribution in [1.82, 2.24) is 4.90 Å². The largest absolute Gasteiger partial charge is 0.482 e. The van der Waals surface area contributed by atoms with Gasteiger partial charge in [0.2, 0.25) is 0 Å². The lowest BCUT2D eigenvalue weighted by molar-refractivity contribution is -0.384. The molecule has 0 aliphatic rings. The van der Waals surface area contributed by atoms with Gasteiger partial charge in [0, 0.05) is 25.7 Å². The number of nitro benzene ring substituents is 1. The molecule has 0 radical (unpaired) electrons. The molecule has 0 saturated carbocycles. The number of amides is 1. The van der Waals surface area contributed by atoms with E-state index >= 15 is 0 Å². The van der Waals surface area contributed by atoms with Crippen molar-refractivity contribution in [2.45, 2.75) is 13.5 Å². The van der Waals surface area contributed by atoms with Crippen molar-refractivity contribution >= 4 is 17.6 Å². The summed E-state index contributed by atoms with van der Waals surface area (Å²) in [5.41, 5.74) is 2.03. The van der Waals surface area contributed by atoms with Gasteiger partial charge in [-0.3, -0.25) is 14.9 Å². The van der Waals surface area contributed by atoms with Crippen LogP contribution in [-0.4, -0.2) is 42.0 Å². The highest BCUT2D eigenvalue weighted by molar-refractivity contribution is 5.80. The SMILES string of the molecule is Cc1ccc(CN(C)C(=O)COC(=O)COc2ccc([N+](=O)[O-])cc2)cc1. The van der Waals surface area contributed by atoms with Crippen molar-refractivity contribution in [1.29, 1.82) is 0 Å². The molecule has 0 bridgehead atoms. The lowest BCUT2D eigenvalue weighted by Crippen LogP contribution is -2.31. The van der Waals surface area contributed by atoms with Gasteiger partial charge in [-0.1, -0.05) is 29.8 Å². The third kappa shape index (κ3) is 6.43. The van der Waals surface area contributed by atoms with Crippen LogP contribution in [0.25, 0.3) is 0 Å². The van der Waals surface area contributed by atoms with Crippen molar-refractivity contribution in [2.24, 2.45) is 0 Å². The first-order valence-corrected chi connectivity index (χ1v) is 8.17. The highest BCUT2D eigenvalue weighted by Crippen LogP contribution is 2.17. The molecule has 0 aromatic heterocycles. The summed E-state index contributed by atoms with van der Waals surface area (Å²) in [6.07, 6.45) is 0. The molecule has 142 valence electrons. The van der Waals surface area contributed by atoms with E-state index in [-0.39, 0.29) is 18.2 Å². The molecular weight excluding hydrogens is 352 g/mol. The minimum atomic E-state index is -0.703. The summed E-state index contributed by atoms with van der Waals surface area (Å²) in [6.45, 7) is 1.62. The molecule has 0 N–H and O–H groups in total. The van der Waals surface area contributed by atoms with Gasteiger partial charge < -0.3 is 14.4 Å². The fourth-order valence-electron chi connectivity index (χ4n) is 2.16. The number of carbonyl (C=O) groups is 2. The van der Waals surface area contributed by atoms with Gasteiger partial charge in [0.1, 0.15) is 5.75 Å². The second-order valence-electron chi connectivity index (χ2n) is 5.94. The van der Waals surface area contributed by atoms with E-state index in [4.69, 9.17) is 9.47 Å². The fraction of sp³-hybridized carbons (Fsp3) is 0.263. The Morgan fingerprint density at radius 2 is 1.67 bits per heavy atom. The molecule has 27 heavy (non-hydrogen) atoms. The van der Waals surface area contributed by atoms with Gasteiger partial charge in [-0.25, -0.2) is 4.79 Å². The number of nitro groups is 1. The third-order valence-corrected chi connectivity index (χ3v) is 3.73. The summed E-state index contributed by atoms with van der Waals surface area (Å²) >= 11 is 0. The smallest absolute Gasteiger partial charge is 0.344 e. The van der Waals surface area contributed by atoms with Crippen LogP contribution in [0.5, 0.6) is 5.75 Å². The molecule has 2 aromatic rings. The molecule has 8 heteroatoms. The molecule has 0 heterocycles. The van der Waals surface area contributed by atoms with Crippen LogP contribution in [0.4, 0.5) is 5.69 Å². The second kappa shape index (κ2) is 9.33. The Labute approximate surface area is 156 Å². The van der Waals surface area contributed by atoms with Gasteiger partial charge in [0.25, 0.3) is 11.6 Å². The van der Waals surface area contributed by atoms with Crippen LogP contribution in [0.3, 0.4) is 0 Å². The summed E-state index contributed by atoms with van der Waals surface area (Å²) in [4.78, 5) is 35.2. The summed E-state index contributed by atoms with van der Waals surface area (Å²) in [7, 11) is 1.63. The number of non-ortho nitro benzene ring substituents is 1. The first kappa shape index (κ1) is 19.9. The van der Waals surface area contributed by atoms with Crippen molar-refractivity contribution in [2.75, 3.05) is 20.3 Å². The average Bonchev–Trinajstić information content (AvgIpc) is 2.66. The predicted octanol–water partition coefficient (Wildman–Crippen LogP) is 2.48. The molecular formula is C19H20N2O6. The Hall–Kier alpha value is -3.42. The molecule has 2 rings (SSSR count). The van der Waals surface area contributed by atoms with E-state index in [0.717, 1.165) is 11.1 Å². The number of ether oxygens (including phenoxy) is 2. The maximum atomic E-state index is 12.0. The summed E-state index contributed by atoms with van der Waals surface area (Å²) < 4.78 is 10.1. The van der Waals surface area contributed by atoms with E-state index in [1.165, 1.54) is 29.2 Å². The van der Waals surface area contributed by atoms with Crippen molar-refractivity contribution < 1.29 is 24.0 Å². The van der Waals surface area contributed by atoms with Crippen LogP contribution in [0.15, 0.2) is 48.5 Å². The van der Waals surface area contributed by atoms with Crippen molar-refractivity contribution in [3.05, 3.63) is 69.8 Å². The number of benzene rings is 2. The maximum absolute atomic E-state index is 12.0. The monoisotopic (exact) mass is 372 g/mol. The summed E-state index contributed by atoms with van der Waals surface area (Å²) in [6, 6.07) is 13.1. The van der Waals surface area contributed by atoms with Crippen LogP contribution >= 0.6 is 0 Å². The quantitative estimate of drug-likeness (QED) is 0.401. The van der Waals surface area contributed by atoms with Crippen molar-refractivity contribution in [3.8, 4) is 5.75 Å². The number of rotatable bonds is 8. The summed E-state index contributed by atoms with van der Waals surface area (Å²) in [5, 5.41) is 10.6. The Kier molecular flexibility index (Phi) is 6.87. The van der Waals surface area contributed by atoms with Crippen LogP contribution in [0.2, 0.25) is 0 Å². The van der Waals surface area contributed by atoms with Gasteiger partial charge in [-0.2, -0.15) is 0 Å². The number of likely N-dealkylation sites (N-methyl/N-ethyl adjacent to an activating group) is 1. The minimum Gasteiger partial charge on any atom is -0.482 e. The number of esters is 1. The topological polar surface area (TPSA) is 99.0 Å². The highest BCUT2D eigenvalue weighted by Gasteiger charge is 2.13. The van der Waals surface area contributed by atoms with E-state index < -0.39 is 17.5 Å². The highest BCUT2D eigenvalue weighted by atomic mass is 16.6. The predicted molar refractivity (Wildman–Crippen MR) is 97.2 cm³/mol. The average molecular weight is 372 g/mol. The summed E-state index contributed by atoms with van der Waals surface area (Å²) in [5.74, 6) is -0.745. The lowest BCUT2D eigenvalue weighted by Gasteiger charge is -2.17.